The molecule has 140 valence electrons. The molecule has 1 aromatic carbocycles. The van der Waals surface area contributed by atoms with Crippen LogP contribution >= 0.6 is 22.6 Å². The lowest BCUT2D eigenvalue weighted by Crippen LogP contribution is -2.39. The Morgan fingerprint density at radius 2 is 1.88 bits per heavy atom. The van der Waals surface area contributed by atoms with Gasteiger partial charge in [-0.15, -0.1) is 0 Å². The monoisotopic (exact) mass is 483 g/mol. The molecular formula is C16H22INO6S. The molecule has 0 aliphatic heterocycles. The number of hydrogen-bond acceptors (Lipinski definition) is 5. The Hall–Kier alpha value is -1.33. The molecule has 0 atom stereocenters. The average molecular weight is 483 g/mol. The van der Waals surface area contributed by atoms with Gasteiger partial charge in [0.25, 0.3) is 10.1 Å². The molecule has 0 saturated heterocycles. The van der Waals surface area contributed by atoms with Gasteiger partial charge in [-0.2, -0.15) is 8.42 Å². The maximum Gasteiger partial charge on any atom is 0.410 e. The summed E-state index contributed by atoms with van der Waals surface area (Å²) >= 11 is 2.19. The largest absolute Gasteiger partial charge is 0.492 e. The molecule has 0 spiro atoms. The van der Waals surface area contributed by atoms with Gasteiger partial charge in [-0.25, -0.2) is 4.79 Å². The minimum atomic E-state index is -4.24. The molecule has 7 nitrogen and oxygen atoms in total. The first-order valence-corrected chi connectivity index (χ1v) is 10.0. The van der Waals surface area contributed by atoms with Crippen molar-refractivity contribution in [3.63, 3.8) is 0 Å². The van der Waals surface area contributed by atoms with Crippen molar-refractivity contribution in [1.29, 1.82) is 0 Å². The highest BCUT2D eigenvalue weighted by Crippen LogP contribution is 2.14. The molecule has 0 saturated carbocycles. The normalized spacial score (nSPS) is 12.2. The van der Waals surface area contributed by atoms with Gasteiger partial charge in [0, 0.05) is 10.1 Å². The molecule has 1 N–H and O–H groups in total. The Kier molecular flexibility index (Phi) is 8.16. The lowest BCUT2D eigenvalue weighted by molar-refractivity contribution is 0.0249. The fourth-order valence-electron chi connectivity index (χ4n) is 1.68. The van der Waals surface area contributed by atoms with Gasteiger partial charge in [-0.05, 0) is 67.6 Å². The fourth-order valence-corrected chi connectivity index (χ4v) is 2.37. The minimum Gasteiger partial charge on any atom is -0.492 e. The zero-order valence-electron chi connectivity index (χ0n) is 14.3. The summed E-state index contributed by atoms with van der Waals surface area (Å²) in [5.74, 6) is 0.665. The number of ether oxygens (including phenoxy) is 2. The fraction of sp³-hybridized carbons (Fsp3) is 0.438. The molecule has 25 heavy (non-hydrogen) atoms. The van der Waals surface area contributed by atoms with E-state index in [1.54, 1.807) is 20.8 Å². The summed E-state index contributed by atoms with van der Waals surface area (Å²) in [4.78, 5) is 13.5. The summed E-state index contributed by atoms with van der Waals surface area (Å²) in [5.41, 5.74) is -0.681. The highest BCUT2D eigenvalue weighted by molar-refractivity contribution is 14.1. The highest BCUT2D eigenvalue weighted by atomic mass is 127. The number of nitrogens with zero attached hydrogens (tertiary/aromatic N) is 1. The van der Waals surface area contributed by atoms with Crippen LogP contribution in [-0.4, -0.2) is 49.3 Å². The second-order valence-corrected chi connectivity index (χ2v) is 8.66. The van der Waals surface area contributed by atoms with Crippen molar-refractivity contribution in [3.05, 3.63) is 39.3 Å². The van der Waals surface area contributed by atoms with Crippen LogP contribution in [0.15, 0.2) is 35.7 Å². The van der Waals surface area contributed by atoms with Crippen LogP contribution in [0.25, 0.3) is 0 Å². The standard InChI is InChI=1S/C16H22INO6S/c1-16(2,3)24-15(19)18(9-4-12-25(20,21)22)10-11-23-14-7-5-13(17)6-8-14/h4-8,12H,9-11H2,1-3H3,(H,20,21,22)/b12-4+. The molecule has 0 unspecified atom stereocenters. The zero-order valence-corrected chi connectivity index (χ0v) is 17.3. The third kappa shape index (κ3) is 10.3. The molecule has 0 aliphatic carbocycles. The van der Waals surface area contributed by atoms with Gasteiger partial charge in [0.15, 0.2) is 0 Å². The summed E-state index contributed by atoms with van der Waals surface area (Å²) in [6, 6.07) is 7.43. The van der Waals surface area contributed by atoms with E-state index in [-0.39, 0.29) is 19.7 Å². The third-order valence-electron chi connectivity index (χ3n) is 2.69. The molecule has 0 aliphatic rings. The van der Waals surface area contributed by atoms with E-state index in [0.29, 0.717) is 11.2 Å². The van der Waals surface area contributed by atoms with E-state index in [0.717, 1.165) is 3.57 Å². The average Bonchev–Trinajstić information content (AvgIpc) is 2.44. The Bertz CT molecular complexity index is 694. The predicted octanol–water partition coefficient (Wildman–Crippen LogP) is 3.31. The summed E-state index contributed by atoms with van der Waals surface area (Å²) in [6.07, 6.45) is 0.572. The highest BCUT2D eigenvalue weighted by Gasteiger charge is 2.21. The van der Waals surface area contributed by atoms with Gasteiger partial charge < -0.3 is 14.4 Å². The quantitative estimate of drug-likeness (QED) is 0.473. The summed E-state index contributed by atoms with van der Waals surface area (Å²) < 4.78 is 42.2. The van der Waals surface area contributed by atoms with Gasteiger partial charge in [0.05, 0.1) is 12.0 Å². The number of carbonyl (C=O) groups is 1. The molecule has 1 amide bonds. The topological polar surface area (TPSA) is 93.1 Å². The summed E-state index contributed by atoms with van der Waals surface area (Å²) in [7, 11) is -4.24. The van der Waals surface area contributed by atoms with Crippen molar-refractivity contribution in [2.75, 3.05) is 19.7 Å². The van der Waals surface area contributed by atoms with E-state index in [1.165, 1.54) is 11.0 Å². The zero-order chi connectivity index (χ0) is 19.1. The maximum atomic E-state index is 12.2. The van der Waals surface area contributed by atoms with Crippen LogP contribution in [0.5, 0.6) is 5.75 Å². The Labute approximate surface area is 161 Å². The Balaban J connectivity index is 2.67. The van der Waals surface area contributed by atoms with Crippen LogP contribution in [0.2, 0.25) is 0 Å². The number of amides is 1. The lowest BCUT2D eigenvalue weighted by Gasteiger charge is -2.26. The van der Waals surface area contributed by atoms with Crippen LogP contribution in [0.3, 0.4) is 0 Å². The summed E-state index contributed by atoms with van der Waals surface area (Å²) in [5, 5.41) is 0.629. The smallest absolute Gasteiger partial charge is 0.410 e. The van der Waals surface area contributed by atoms with E-state index in [4.69, 9.17) is 14.0 Å². The van der Waals surface area contributed by atoms with Crippen molar-refractivity contribution >= 4 is 38.8 Å². The maximum absolute atomic E-state index is 12.2. The molecule has 1 aromatic rings. The van der Waals surface area contributed by atoms with Crippen LogP contribution in [0.4, 0.5) is 4.79 Å². The van der Waals surface area contributed by atoms with Crippen LogP contribution in [0.1, 0.15) is 20.8 Å². The number of carbonyl (C=O) groups excluding carboxylic acids is 1. The predicted molar refractivity (Wildman–Crippen MR) is 103 cm³/mol. The Morgan fingerprint density at radius 1 is 1.28 bits per heavy atom. The van der Waals surface area contributed by atoms with Crippen molar-refractivity contribution in [1.82, 2.24) is 4.90 Å². The second kappa shape index (κ2) is 9.39. The van der Waals surface area contributed by atoms with E-state index < -0.39 is 21.8 Å². The van der Waals surface area contributed by atoms with Crippen LogP contribution < -0.4 is 4.74 Å². The van der Waals surface area contributed by atoms with Crippen LogP contribution in [0, 0.1) is 3.57 Å². The lowest BCUT2D eigenvalue weighted by atomic mass is 10.2. The van der Waals surface area contributed by atoms with Gasteiger partial charge in [-0.1, -0.05) is 6.08 Å². The molecule has 1 rings (SSSR count). The van der Waals surface area contributed by atoms with E-state index in [2.05, 4.69) is 22.6 Å². The van der Waals surface area contributed by atoms with Gasteiger partial charge in [-0.3, -0.25) is 4.55 Å². The number of rotatable bonds is 7. The van der Waals surface area contributed by atoms with Gasteiger partial charge >= 0.3 is 6.09 Å². The first-order valence-electron chi connectivity index (χ1n) is 7.46. The molecule has 0 aromatic heterocycles. The first-order chi connectivity index (χ1) is 11.5. The molecule has 0 radical (unpaired) electrons. The first kappa shape index (κ1) is 21.7. The minimum absolute atomic E-state index is 0.0370. The second-order valence-electron chi connectivity index (χ2n) is 6.12. The SMILES string of the molecule is CC(C)(C)OC(=O)N(C/C=C/S(=O)(=O)O)CCOc1ccc(I)cc1. The molecular weight excluding hydrogens is 461 g/mol. The van der Waals surface area contributed by atoms with Gasteiger partial charge in [0.1, 0.15) is 18.0 Å². The number of hydrogen-bond donors (Lipinski definition) is 1. The van der Waals surface area contributed by atoms with Crippen molar-refractivity contribution in [2.24, 2.45) is 0 Å². The third-order valence-corrected chi connectivity index (χ3v) is 3.94. The molecule has 0 bridgehead atoms. The van der Waals surface area contributed by atoms with Gasteiger partial charge in [0.2, 0.25) is 0 Å². The number of halogens is 1. The van der Waals surface area contributed by atoms with E-state index in [1.807, 2.05) is 24.3 Å². The summed E-state index contributed by atoms with van der Waals surface area (Å²) in [6.45, 7) is 5.57. The van der Waals surface area contributed by atoms with Crippen LogP contribution in [-0.2, 0) is 14.9 Å². The molecule has 0 fully saturated rings. The number of benzene rings is 1. The van der Waals surface area contributed by atoms with Crippen molar-refractivity contribution in [3.8, 4) is 5.75 Å². The van der Waals surface area contributed by atoms with E-state index in [9.17, 15) is 13.2 Å². The van der Waals surface area contributed by atoms with Crippen molar-refractivity contribution < 1.29 is 27.2 Å². The van der Waals surface area contributed by atoms with E-state index >= 15 is 0 Å². The Morgan fingerprint density at radius 3 is 2.40 bits per heavy atom. The van der Waals surface area contributed by atoms with Crippen molar-refractivity contribution in [2.45, 2.75) is 26.4 Å². The molecule has 9 heteroatoms. The molecule has 0 heterocycles.